The fourth-order valence-electron chi connectivity index (χ4n) is 3.68. The molecule has 1 atom stereocenters. The van der Waals surface area contributed by atoms with Crippen LogP contribution in [0.4, 0.5) is 5.69 Å². The second-order valence-electron chi connectivity index (χ2n) is 7.07. The molecule has 150 valence electrons. The Morgan fingerprint density at radius 1 is 1.18 bits per heavy atom. The number of benzene rings is 2. The van der Waals surface area contributed by atoms with Crippen LogP contribution in [0.25, 0.3) is 0 Å². The van der Waals surface area contributed by atoms with Crippen molar-refractivity contribution in [3.63, 3.8) is 0 Å². The van der Waals surface area contributed by atoms with Crippen molar-refractivity contribution in [2.45, 2.75) is 25.8 Å². The van der Waals surface area contributed by atoms with Gasteiger partial charge in [-0.1, -0.05) is 30.3 Å². The van der Waals surface area contributed by atoms with E-state index < -0.39 is 10.0 Å². The third kappa shape index (κ3) is 4.30. The molecule has 0 radical (unpaired) electrons. The molecule has 1 fully saturated rings. The van der Waals surface area contributed by atoms with E-state index in [-0.39, 0.29) is 18.5 Å². The molecule has 1 unspecified atom stereocenters. The molecule has 0 spiro atoms. The number of amides is 1. The highest BCUT2D eigenvalue weighted by Crippen LogP contribution is 2.33. The Labute approximate surface area is 166 Å². The van der Waals surface area contributed by atoms with Crippen molar-refractivity contribution in [3.8, 4) is 5.75 Å². The van der Waals surface area contributed by atoms with Crippen molar-refractivity contribution in [2.24, 2.45) is 0 Å². The lowest BCUT2D eigenvalue weighted by Crippen LogP contribution is -2.42. The van der Waals surface area contributed by atoms with Crippen LogP contribution in [0.5, 0.6) is 5.75 Å². The summed E-state index contributed by atoms with van der Waals surface area (Å²) in [6, 6.07) is 14.8. The number of aryl methyl sites for hydroxylation is 1. The first-order valence-electron chi connectivity index (χ1n) is 9.28. The highest BCUT2D eigenvalue weighted by Gasteiger charge is 2.32. The summed E-state index contributed by atoms with van der Waals surface area (Å²) in [5, 5.41) is 0. The molecule has 1 saturated heterocycles. The summed E-state index contributed by atoms with van der Waals surface area (Å²) < 4.78 is 31.2. The van der Waals surface area contributed by atoms with Crippen LogP contribution in [0.1, 0.15) is 30.0 Å². The molecule has 1 aliphatic rings. The van der Waals surface area contributed by atoms with Crippen LogP contribution in [-0.4, -0.2) is 45.7 Å². The molecule has 0 aromatic heterocycles. The summed E-state index contributed by atoms with van der Waals surface area (Å²) in [5.41, 5.74) is 2.39. The standard InChI is InChI=1S/C21H26N2O4S/c1-16-7-4-5-8-19(16)23(28(3,25)26)15-21(24)22-14-6-9-20(22)17-10-12-18(27-2)13-11-17/h4-5,7-8,10-13,20H,6,9,14-15H2,1-3H3. The van der Waals surface area contributed by atoms with Gasteiger partial charge in [0, 0.05) is 6.54 Å². The number of methoxy groups -OCH3 is 1. The molecule has 1 heterocycles. The molecule has 3 rings (SSSR count). The molecule has 28 heavy (non-hydrogen) atoms. The monoisotopic (exact) mass is 402 g/mol. The van der Waals surface area contributed by atoms with Crippen LogP contribution in [0.3, 0.4) is 0 Å². The van der Waals surface area contributed by atoms with Crippen LogP contribution in [0, 0.1) is 6.92 Å². The Balaban J connectivity index is 1.83. The van der Waals surface area contributed by atoms with E-state index in [4.69, 9.17) is 4.74 Å². The third-order valence-corrected chi connectivity index (χ3v) is 6.26. The van der Waals surface area contributed by atoms with Gasteiger partial charge >= 0.3 is 0 Å². The number of likely N-dealkylation sites (tertiary alicyclic amines) is 1. The zero-order valence-electron chi connectivity index (χ0n) is 16.5. The molecule has 0 saturated carbocycles. The van der Waals surface area contributed by atoms with Gasteiger partial charge in [-0.3, -0.25) is 9.10 Å². The highest BCUT2D eigenvalue weighted by atomic mass is 32.2. The Kier molecular flexibility index (Phi) is 5.93. The van der Waals surface area contributed by atoms with Crippen molar-refractivity contribution < 1.29 is 17.9 Å². The molecule has 2 aromatic carbocycles. The third-order valence-electron chi connectivity index (χ3n) is 5.14. The van der Waals surface area contributed by atoms with Gasteiger partial charge in [-0.25, -0.2) is 8.42 Å². The van der Waals surface area contributed by atoms with Crippen molar-refractivity contribution in [2.75, 3.05) is 30.8 Å². The summed E-state index contributed by atoms with van der Waals surface area (Å²) in [6.07, 6.45) is 2.89. The van der Waals surface area contributed by atoms with E-state index in [2.05, 4.69) is 0 Å². The van der Waals surface area contributed by atoms with Crippen molar-refractivity contribution in [1.82, 2.24) is 4.90 Å². The van der Waals surface area contributed by atoms with Gasteiger partial charge in [0.25, 0.3) is 0 Å². The fourth-order valence-corrected chi connectivity index (χ4v) is 4.58. The molecule has 6 nitrogen and oxygen atoms in total. The smallest absolute Gasteiger partial charge is 0.243 e. The molecule has 7 heteroatoms. The number of sulfonamides is 1. The van der Waals surface area contributed by atoms with E-state index in [0.29, 0.717) is 12.2 Å². The quantitative estimate of drug-likeness (QED) is 0.745. The van der Waals surface area contributed by atoms with E-state index >= 15 is 0 Å². The van der Waals surface area contributed by atoms with E-state index in [1.165, 1.54) is 4.31 Å². The Morgan fingerprint density at radius 3 is 2.46 bits per heavy atom. The SMILES string of the molecule is COc1ccc(C2CCCN2C(=O)CN(c2ccccc2C)S(C)(=O)=O)cc1. The number of para-hydroxylation sites is 1. The number of nitrogens with zero attached hydrogens (tertiary/aromatic N) is 2. The average molecular weight is 403 g/mol. The zero-order valence-corrected chi connectivity index (χ0v) is 17.3. The summed E-state index contributed by atoms with van der Waals surface area (Å²) >= 11 is 0. The van der Waals surface area contributed by atoms with Gasteiger partial charge in [0.15, 0.2) is 0 Å². The van der Waals surface area contributed by atoms with Crippen molar-refractivity contribution in [3.05, 3.63) is 59.7 Å². The summed E-state index contributed by atoms with van der Waals surface area (Å²) in [6.45, 7) is 2.27. The van der Waals surface area contributed by atoms with Gasteiger partial charge < -0.3 is 9.64 Å². The van der Waals surface area contributed by atoms with Crippen LogP contribution in [-0.2, 0) is 14.8 Å². The van der Waals surface area contributed by atoms with Gasteiger partial charge in [0.05, 0.1) is 25.1 Å². The topological polar surface area (TPSA) is 66.9 Å². The Bertz CT molecular complexity index is 941. The Morgan fingerprint density at radius 2 is 1.86 bits per heavy atom. The van der Waals surface area contributed by atoms with E-state index in [1.807, 2.05) is 43.3 Å². The number of carbonyl (C=O) groups is 1. The summed E-state index contributed by atoms with van der Waals surface area (Å²) in [7, 11) is -1.97. The number of ether oxygens (including phenoxy) is 1. The first-order chi connectivity index (χ1) is 13.3. The van der Waals surface area contributed by atoms with Crippen LogP contribution < -0.4 is 9.04 Å². The lowest BCUT2D eigenvalue weighted by atomic mass is 10.0. The number of hydrogen-bond acceptors (Lipinski definition) is 4. The molecule has 0 bridgehead atoms. The minimum absolute atomic E-state index is 0.0447. The first-order valence-corrected chi connectivity index (χ1v) is 11.1. The van der Waals surface area contributed by atoms with Crippen molar-refractivity contribution in [1.29, 1.82) is 0 Å². The first kappa shape index (κ1) is 20.2. The molecule has 0 N–H and O–H groups in total. The minimum atomic E-state index is -3.59. The largest absolute Gasteiger partial charge is 0.497 e. The highest BCUT2D eigenvalue weighted by molar-refractivity contribution is 7.92. The molecule has 0 aliphatic carbocycles. The maximum absolute atomic E-state index is 13.1. The number of rotatable bonds is 6. The maximum atomic E-state index is 13.1. The summed E-state index contributed by atoms with van der Waals surface area (Å²) in [5.74, 6) is 0.578. The van der Waals surface area contributed by atoms with Crippen LogP contribution in [0.15, 0.2) is 48.5 Å². The fraction of sp³-hybridized carbons (Fsp3) is 0.381. The van der Waals surface area contributed by atoms with Crippen LogP contribution >= 0.6 is 0 Å². The number of anilines is 1. The van der Waals surface area contributed by atoms with Gasteiger partial charge in [0.1, 0.15) is 12.3 Å². The van der Waals surface area contributed by atoms with E-state index in [1.54, 1.807) is 24.1 Å². The predicted molar refractivity (Wildman–Crippen MR) is 110 cm³/mol. The van der Waals surface area contributed by atoms with Crippen LogP contribution in [0.2, 0.25) is 0 Å². The predicted octanol–water partition coefficient (Wildman–Crippen LogP) is 3.13. The minimum Gasteiger partial charge on any atom is -0.497 e. The van der Waals surface area contributed by atoms with Gasteiger partial charge in [-0.05, 0) is 49.1 Å². The lowest BCUT2D eigenvalue weighted by Gasteiger charge is -2.29. The molecule has 1 amide bonds. The van der Waals surface area contributed by atoms with Gasteiger partial charge in [0.2, 0.25) is 15.9 Å². The lowest BCUT2D eigenvalue weighted by molar-refractivity contribution is -0.130. The molecular weight excluding hydrogens is 376 g/mol. The average Bonchev–Trinajstić information content (AvgIpc) is 3.16. The second-order valence-corrected chi connectivity index (χ2v) is 8.98. The molecule has 1 aliphatic heterocycles. The van der Waals surface area contributed by atoms with E-state index in [0.717, 1.165) is 36.0 Å². The molecular formula is C21H26N2O4S. The number of carbonyl (C=O) groups excluding carboxylic acids is 1. The van der Waals surface area contributed by atoms with Gasteiger partial charge in [-0.2, -0.15) is 0 Å². The maximum Gasteiger partial charge on any atom is 0.243 e. The second kappa shape index (κ2) is 8.22. The summed E-state index contributed by atoms with van der Waals surface area (Å²) in [4.78, 5) is 14.9. The van der Waals surface area contributed by atoms with Gasteiger partial charge in [-0.15, -0.1) is 0 Å². The zero-order chi connectivity index (χ0) is 20.3. The normalized spacial score (nSPS) is 16.8. The molecule has 2 aromatic rings. The van der Waals surface area contributed by atoms with Crippen molar-refractivity contribution >= 4 is 21.6 Å². The Hall–Kier alpha value is -2.54. The van der Waals surface area contributed by atoms with E-state index in [9.17, 15) is 13.2 Å². The number of hydrogen-bond donors (Lipinski definition) is 0.